The van der Waals surface area contributed by atoms with E-state index in [1.165, 1.54) is 6.92 Å². The van der Waals surface area contributed by atoms with Crippen molar-refractivity contribution in [2.24, 2.45) is 0 Å². The number of hydrogen-bond donors (Lipinski definition) is 3. The van der Waals surface area contributed by atoms with Gasteiger partial charge < -0.3 is 29.5 Å². The molecule has 0 spiro atoms. The number of carbonyl (C=O) groups excluding carboxylic acids is 3. The Balaban J connectivity index is 2.49. The summed E-state index contributed by atoms with van der Waals surface area (Å²) < 4.78 is 15.8. The first-order valence-electron chi connectivity index (χ1n) is 7.98. The number of thioether (sulfide) groups is 1. The molecular weight excluding hydrogens is 380 g/mol. The van der Waals surface area contributed by atoms with E-state index in [0.717, 1.165) is 37.7 Å². The second kappa shape index (κ2) is 8.38. The molecule has 0 aliphatic carbocycles. The minimum Gasteiger partial charge on any atom is -0.508 e. The van der Waals surface area contributed by atoms with Crippen LogP contribution in [0.3, 0.4) is 0 Å². The molecule has 0 unspecified atom stereocenters. The maximum atomic E-state index is 11.6. The third kappa shape index (κ3) is 4.97. The second-order valence-electron chi connectivity index (χ2n) is 5.95. The summed E-state index contributed by atoms with van der Waals surface area (Å²) in [4.78, 5) is 34.6. The maximum Gasteiger partial charge on any atom is 0.303 e. The van der Waals surface area contributed by atoms with Crippen LogP contribution in [0, 0.1) is 0 Å². The molecule has 1 aromatic rings. The van der Waals surface area contributed by atoms with Gasteiger partial charge in [0.1, 0.15) is 17.2 Å². The average Bonchev–Trinajstić information content (AvgIpc) is 2.50. The van der Waals surface area contributed by atoms with Crippen LogP contribution in [-0.4, -0.2) is 57.3 Å². The molecule has 0 radical (unpaired) electrons. The standard InChI is InChI=1S/C17H20O9S/c1-7(18)24-13-6-27-17(14-11(22)4-10(21)5-12(14)23)16(26-9(3)20)15(13)25-8(2)19/h4-5,13,15-17,21-23H,6H2,1-3H3/t13-,15+,16-,17+/m1/s1. The molecule has 1 aromatic carbocycles. The second-order valence-corrected chi connectivity index (χ2v) is 7.12. The van der Waals surface area contributed by atoms with Crippen molar-refractivity contribution in [3.05, 3.63) is 17.7 Å². The smallest absolute Gasteiger partial charge is 0.303 e. The molecule has 0 bridgehead atoms. The summed E-state index contributed by atoms with van der Waals surface area (Å²) in [6, 6.07) is 2.05. The highest BCUT2D eigenvalue weighted by molar-refractivity contribution is 7.99. The van der Waals surface area contributed by atoms with Gasteiger partial charge in [-0.15, -0.1) is 11.8 Å². The van der Waals surface area contributed by atoms with E-state index in [9.17, 15) is 29.7 Å². The van der Waals surface area contributed by atoms with Gasteiger partial charge in [-0.2, -0.15) is 0 Å². The van der Waals surface area contributed by atoms with Crippen LogP contribution in [0.2, 0.25) is 0 Å². The SMILES string of the molecule is CC(=O)O[C@@H]1[C@@H](OC(C)=O)[C@H](c2c(O)cc(O)cc2O)SC[C@H]1OC(C)=O. The fourth-order valence-corrected chi connectivity index (χ4v) is 4.35. The summed E-state index contributed by atoms with van der Waals surface area (Å²) in [7, 11) is 0. The van der Waals surface area contributed by atoms with Crippen molar-refractivity contribution in [2.45, 2.75) is 44.3 Å². The number of carbonyl (C=O) groups is 3. The van der Waals surface area contributed by atoms with Crippen LogP contribution in [0.4, 0.5) is 0 Å². The van der Waals surface area contributed by atoms with Crippen molar-refractivity contribution in [2.75, 3.05) is 5.75 Å². The predicted molar refractivity (Wildman–Crippen MR) is 93.3 cm³/mol. The molecule has 3 N–H and O–H groups in total. The normalized spacial score (nSPS) is 24.7. The Hall–Kier alpha value is -2.62. The fourth-order valence-electron chi connectivity index (χ4n) is 2.89. The highest BCUT2D eigenvalue weighted by atomic mass is 32.2. The molecule has 0 amide bonds. The lowest BCUT2D eigenvalue weighted by Crippen LogP contribution is -2.51. The quantitative estimate of drug-likeness (QED) is 0.502. The van der Waals surface area contributed by atoms with Crippen molar-refractivity contribution in [1.82, 2.24) is 0 Å². The third-order valence-corrected chi connectivity index (χ3v) is 5.14. The summed E-state index contributed by atoms with van der Waals surface area (Å²) >= 11 is 1.13. The zero-order valence-electron chi connectivity index (χ0n) is 14.9. The number of aromatic hydroxyl groups is 3. The molecule has 1 saturated heterocycles. The van der Waals surface area contributed by atoms with E-state index < -0.39 is 53.0 Å². The minimum atomic E-state index is -1.16. The van der Waals surface area contributed by atoms with Gasteiger partial charge in [-0.1, -0.05) is 0 Å². The molecular formula is C17H20O9S. The van der Waals surface area contributed by atoms with Crippen molar-refractivity contribution in [1.29, 1.82) is 0 Å². The van der Waals surface area contributed by atoms with Gasteiger partial charge in [0, 0.05) is 38.7 Å². The summed E-state index contributed by atoms with van der Waals surface area (Å²) in [6.07, 6.45) is -3.19. The van der Waals surface area contributed by atoms with Crippen LogP contribution >= 0.6 is 11.8 Å². The molecule has 10 heteroatoms. The number of benzene rings is 1. The number of phenolic OH excluding ortho intramolecular Hbond substituents is 3. The van der Waals surface area contributed by atoms with Crippen molar-refractivity contribution in [3.8, 4) is 17.2 Å². The largest absolute Gasteiger partial charge is 0.508 e. The van der Waals surface area contributed by atoms with Crippen molar-refractivity contribution >= 4 is 29.7 Å². The van der Waals surface area contributed by atoms with Crippen LogP contribution < -0.4 is 0 Å². The van der Waals surface area contributed by atoms with Crippen molar-refractivity contribution in [3.63, 3.8) is 0 Å². The van der Waals surface area contributed by atoms with Gasteiger partial charge in [-0.25, -0.2) is 0 Å². The minimum absolute atomic E-state index is 0.00229. The molecule has 4 atom stereocenters. The summed E-state index contributed by atoms with van der Waals surface area (Å²) in [5.74, 6) is -3.02. The highest BCUT2D eigenvalue weighted by Crippen LogP contribution is 2.49. The lowest BCUT2D eigenvalue weighted by molar-refractivity contribution is -0.182. The Labute approximate surface area is 159 Å². The first-order valence-corrected chi connectivity index (χ1v) is 9.03. The molecule has 148 valence electrons. The Bertz CT molecular complexity index is 725. The number of phenols is 3. The van der Waals surface area contributed by atoms with E-state index in [2.05, 4.69) is 0 Å². The Morgan fingerprint density at radius 1 is 0.889 bits per heavy atom. The lowest BCUT2D eigenvalue weighted by Gasteiger charge is -2.40. The van der Waals surface area contributed by atoms with Crippen LogP contribution in [0.1, 0.15) is 31.6 Å². The zero-order valence-corrected chi connectivity index (χ0v) is 15.7. The van der Waals surface area contributed by atoms with E-state index in [0.29, 0.717) is 0 Å². The topological polar surface area (TPSA) is 140 Å². The van der Waals surface area contributed by atoms with E-state index >= 15 is 0 Å². The first kappa shape index (κ1) is 20.7. The van der Waals surface area contributed by atoms with Gasteiger partial charge in [0.25, 0.3) is 0 Å². The molecule has 2 rings (SSSR count). The predicted octanol–water partition coefficient (Wildman–Crippen LogP) is 1.39. The molecule has 0 saturated carbocycles. The summed E-state index contributed by atoms with van der Waals surface area (Å²) in [5.41, 5.74) is 0.00229. The number of rotatable bonds is 4. The van der Waals surface area contributed by atoms with Gasteiger partial charge in [0.05, 0.1) is 10.8 Å². The number of ether oxygens (including phenoxy) is 3. The molecule has 1 aliphatic heterocycles. The molecule has 1 heterocycles. The zero-order chi connectivity index (χ0) is 20.3. The summed E-state index contributed by atoms with van der Waals surface area (Å²) in [6.45, 7) is 3.50. The number of hydrogen-bond acceptors (Lipinski definition) is 10. The number of esters is 3. The lowest BCUT2D eigenvalue weighted by atomic mass is 9.97. The van der Waals surface area contributed by atoms with Gasteiger partial charge in [0.15, 0.2) is 18.3 Å². The van der Waals surface area contributed by atoms with Crippen LogP contribution in [-0.2, 0) is 28.6 Å². The van der Waals surface area contributed by atoms with E-state index in [-0.39, 0.29) is 17.1 Å². The average molecular weight is 400 g/mol. The van der Waals surface area contributed by atoms with Crippen molar-refractivity contribution < 1.29 is 43.9 Å². The first-order chi connectivity index (χ1) is 12.6. The molecule has 1 aliphatic rings. The van der Waals surface area contributed by atoms with Gasteiger partial charge in [0.2, 0.25) is 0 Å². The van der Waals surface area contributed by atoms with Gasteiger partial charge in [-0.3, -0.25) is 14.4 Å². The molecule has 1 fully saturated rings. The van der Waals surface area contributed by atoms with Crippen LogP contribution in [0.25, 0.3) is 0 Å². The van der Waals surface area contributed by atoms with Crippen LogP contribution in [0.15, 0.2) is 12.1 Å². The monoisotopic (exact) mass is 400 g/mol. The highest BCUT2D eigenvalue weighted by Gasteiger charge is 2.48. The van der Waals surface area contributed by atoms with E-state index in [1.54, 1.807) is 0 Å². The third-order valence-electron chi connectivity index (χ3n) is 3.76. The molecule has 9 nitrogen and oxygen atoms in total. The molecule has 27 heavy (non-hydrogen) atoms. The van der Waals surface area contributed by atoms with E-state index in [4.69, 9.17) is 14.2 Å². The fraction of sp³-hybridized carbons (Fsp3) is 0.471. The Morgan fingerprint density at radius 3 is 1.85 bits per heavy atom. The molecule has 0 aromatic heterocycles. The van der Waals surface area contributed by atoms with E-state index in [1.807, 2.05) is 0 Å². The van der Waals surface area contributed by atoms with Gasteiger partial charge in [-0.05, 0) is 0 Å². The Kier molecular flexibility index (Phi) is 6.42. The Morgan fingerprint density at radius 2 is 1.37 bits per heavy atom. The van der Waals surface area contributed by atoms with Crippen LogP contribution in [0.5, 0.6) is 17.2 Å². The maximum absolute atomic E-state index is 11.6. The summed E-state index contributed by atoms with van der Waals surface area (Å²) in [5, 5.41) is 29.0. The van der Waals surface area contributed by atoms with Gasteiger partial charge >= 0.3 is 17.9 Å².